The third-order valence-corrected chi connectivity index (χ3v) is 8.79. The third kappa shape index (κ3) is 6.80. The van der Waals surface area contributed by atoms with Gasteiger partial charge in [-0.3, -0.25) is 23.9 Å². The van der Waals surface area contributed by atoms with Gasteiger partial charge in [-0.1, -0.05) is 26.5 Å². The van der Waals surface area contributed by atoms with Gasteiger partial charge in [0, 0.05) is 37.8 Å². The molecule has 0 atom stereocenters. The number of benzene rings is 1. The highest BCUT2D eigenvalue weighted by atomic mass is 19.1. The SMILES string of the molecule is C=C(F)C(=O)N1CCC(c2c(C(=O)NCCN(C)C)c(=O)n(-c3c(C)ccnc3C(C)C)c3nc(-c4c(O)cccc4F)c(F)cc23)CC1. The number of nitrogens with one attached hydrogen (secondary N) is 1. The van der Waals surface area contributed by atoms with E-state index in [4.69, 9.17) is 0 Å². The lowest BCUT2D eigenvalue weighted by atomic mass is 9.84. The van der Waals surface area contributed by atoms with E-state index in [2.05, 4.69) is 21.9 Å². The molecule has 1 aliphatic heterocycles. The molecule has 0 saturated carbocycles. The zero-order valence-corrected chi connectivity index (χ0v) is 28.1. The largest absolute Gasteiger partial charge is 0.507 e. The summed E-state index contributed by atoms with van der Waals surface area (Å²) in [6, 6.07) is 6.33. The quantitative estimate of drug-likeness (QED) is 0.230. The van der Waals surface area contributed by atoms with E-state index in [1.165, 1.54) is 21.6 Å². The van der Waals surface area contributed by atoms with Crippen molar-refractivity contribution in [2.75, 3.05) is 40.3 Å². The molecule has 2 N–H and O–H groups in total. The van der Waals surface area contributed by atoms with Gasteiger partial charge in [0.15, 0.2) is 11.6 Å². The first-order valence-corrected chi connectivity index (χ1v) is 16.0. The van der Waals surface area contributed by atoms with Gasteiger partial charge in [0.25, 0.3) is 17.4 Å². The summed E-state index contributed by atoms with van der Waals surface area (Å²) >= 11 is 0. The van der Waals surface area contributed by atoms with Crippen molar-refractivity contribution in [2.24, 2.45) is 0 Å². The van der Waals surface area contributed by atoms with Gasteiger partial charge in [-0.2, -0.15) is 0 Å². The van der Waals surface area contributed by atoms with Crippen LogP contribution in [0.3, 0.4) is 0 Å². The van der Waals surface area contributed by atoms with Crippen molar-refractivity contribution >= 4 is 22.8 Å². The van der Waals surface area contributed by atoms with Crippen LogP contribution in [0.4, 0.5) is 13.2 Å². The molecule has 0 bridgehead atoms. The molecule has 4 aromatic rings. The molecule has 1 aliphatic rings. The number of fused-ring (bicyclic) bond motifs is 1. The van der Waals surface area contributed by atoms with E-state index in [1.54, 1.807) is 19.2 Å². The molecule has 0 aliphatic carbocycles. The number of phenolic OH excluding ortho intramolecular Hbond substituents is 1. The molecule has 2 amide bonds. The monoisotopic (exact) mass is 676 g/mol. The molecule has 13 heteroatoms. The minimum atomic E-state index is -1.10. The number of rotatable bonds is 9. The van der Waals surface area contributed by atoms with Crippen molar-refractivity contribution in [3.8, 4) is 22.7 Å². The number of carbonyl (C=O) groups is 2. The van der Waals surface area contributed by atoms with Gasteiger partial charge < -0.3 is 20.2 Å². The minimum Gasteiger partial charge on any atom is -0.507 e. The molecular weight excluding hydrogens is 637 g/mol. The van der Waals surface area contributed by atoms with Crippen LogP contribution in [0.25, 0.3) is 28.0 Å². The Morgan fingerprint density at radius 1 is 1.14 bits per heavy atom. The number of phenols is 1. The number of pyridine rings is 3. The number of nitrogens with zero attached hydrogens (tertiary/aromatic N) is 5. The van der Waals surface area contributed by atoms with Crippen LogP contribution in [0.1, 0.15) is 65.7 Å². The first-order chi connectivity index (χ1) is 23.2. The molecule has 1 saturated heterocycles. The summed E-state index contributed by atoms with van der Waals surface area (Å²) in [6.07, 6.45) is 2.04. The van der Waals surface area contributed by atoms with Crippen LogP contribution < -0.4 is 10.9 Å². The van der Waals surface area contributed by atoms with E-state index in [0.29, 0.717) is 23.5 Å². The molecule has 0 spiro atoms. The standard InChI is InChI=1S/C36H39F3N6O4/c1-19(2)30-32(20(3)10-13-40-30)45-33-23(18-25(39)31(42-33)28-24(38)8-7-9-26(28)46)27(22-11-15-44(16-12-22)35(48)21(4)37)29(36(45)49)34(47)41-14-17-43(5)6/h7-10,13,18-19,22,46H,4,11-12,14-17H2,1-3,5-6H3,(H,41,47). The number of piperidine rings is 1. The van der Waals surface area contributed by atoms with Crippen LogP contribution in [0.15, 0.2) is 53.7 Å². The van der Waals surface area contributed by atoms with Crippen LogP contribution in [0.2, 0.25) is 0 Å². The highest BCUT2D eigenvalue weighted by Crippen LogP contribution is 2.39. The van der Waals surface area contributed by atoms with Gasteiger partial charge in [-0.15, -0.1) is 0 Å². The Kier molecular flexibility index (Phi) is 10.2. The third-order valence-electron chi connectivity index (χ3n) is 8.79. The zero-order chi connectivity index (χ0) is 35.7. The Hall–Kier alpha value is -5.04. The maximum absolute atomic E-state index is 16.3. The molecule has 3 aromatic heterocycles. The molecule has 1 fully saturated rings. The molecule has 0 unspecified atom stereocenters. The van der Waals surface area contributed by atoms with Gasteiger partial charge in [-0.25, -0.2) is 18.2 Å². The number of likely N-dealkylation sites (N-methyl/N-ethyl adjacent to an activating group) is 1. The Labute approximate surface area is 281 Å². The summed E-state index contributed by atoms with van der Waals surface area (Å²) < 4.78 is 46.4. The van der Waals surface area contributed by atoms with Gasteiger partial charge in [0.1, 0.15) is 28.5 Å². The average molecular weight is 677 g/mol. The molecule has 0 radical (unpaired) electrons. The van der Waals surface area contributed by atoms with E-state index in [-0.39, 0.29) is 60.6 Å². The molecular formula is C36H39F3N6O4. The van der Waals surface area contributed by atoms with Crippen molar-refractivity contribution in [3.63, 3.8) is 0 Å². The number of aromatic hydroxyl groups is 1. The average Bonchev–Trinajstić information content (AvgIpc) is 3.04. The van der Waals surface area contributed by atoms with Gasteiger partial charge >= 0.3 is 0 Å². The van der Waals surface area contributed by atoms with Crippen molar-refractivity contribution in [1.29, 1.82) is 0 Å². The lowest BCUT2D eigenvalue weighted by Crippen LogP contribution is -2.41. The number of likely N-dealkylation sites (tertiary alicyclic amines) is 1. The summed E-state index contributed by atoms with van der Waals surface area (Å²) in [5.41, 5.74) is -0.383. The number of hydrogen-bond donors (Lipinski definition) is 2. The molecule has 1 aromatic carbocycles. The highest BCUT2D eigenvalue weighted by molar-refractivity contribution is 6.01. The van der Waals surface area contributed by atoms with E-state index in [1.807, 2.05) is 32.8 Å². The van der Waals surface area contributed by atoms with Gasteiger partial charge in [0.2, 0.25) is 0 Å². The Balaban J connectivity index is 1.89. The van der Waals surface area contributed by atoms with Crippen molar-refractivity contribution in [3.05, 3.63) is 93.3 Å². The van der Waals surface area contributed by atoms with Crippen LogP contribution in [0.5, 0.6) is 5.75 Å². The maximum Gasteiger partial charge on any atom is 0.281 e. The van der Waals surface area contributed by atoms with Crippen LogP contribution in [-0.2, 0) is 4.79 Å². The van der Waals surface area contributed by atoms with Crippen molar-refractivity contribution in [1.82, 2.24) is 29.7 Å². The topological polar surface area (TPSA) is 121 Å². The molecule has 49 heavy (non-hydrogen) atoms. The van der Waals surface area contributed by atoms with Gasteiger partial charge in [-0.05, 0) is 81.1 Å². The molecule has 5 rings (SSSR count). The predicted molar refractivity (Wildman–Crippen MR) is 181 cm³/mol. The zero-order valence-electron chi connectivity index (χ0n) is 28.1. The molecule has 10 nitrogen and oxygen atoms in total. The normalized spacial score (nSPS) is 13.8. The Bertz CT molecular complexity index is 2000. The molecule has 258 valence electrons. The van der Waals surface area contributed by atoms with E-state index >= 15 is 8.78 Å². The summed E-state index contributed by atoms with van der Waals surface area (Å²) in [5, 5.41) is 13.5. The van der Waals surface area contributed by atoms with Crippen LogP contribution in [0, 0.1) is 18.6 Å². The van der Waals surface area contributed by atoms with Crippen molar-refractivity contribution < 1.29 is 27.9 Å². The van der Waals surface area contributed by atoms with Crippen molar-refractivity contribution in [2.45, 2.75) is 45.4 Å². The molecule has 4 heterocycles. The van der Waals surface area contributed by atoms with Gasteiger partial charge in [0.05, 0.1) is 16.9 Å². The Morgan fingerprint density at radius 2 is 1.84 bits per heavy atom. The van der Waals surface area contributed by atoms with Crippen LogP contribution >= 0.6 is 0 Å². The second kappa shape index (κ2) is 14.2. The number of aromatic nitrogens is 3. The fourth-order valence-corrected chi connectivity index (χ4v) is 6.39. The number of hydrogen-bond acceptors (Lipinski definition) is 7. The first kappa shape index (κ1) is 35.3. The lowest BCUT2D eigenvalue weighted by molar-refractivity contribution is -0.129. The summed E-state index contributed by atoms with van der Waals surface area (Å²) in [6.45, 7) is 9.51. The lowest BCUT2D eigenvalue weighted by Gasteiger charge is -2.33. The summed E-state index contributed by atoms with van der Waals surface area (Å²) in [5.74, 6) is -5.86. The van der Waals surface area contributed by atoms with E-state index in [0.717, 1.165) is 12.1 Å². The van der Waals surface area contributed by atoms with E-state index < -0.39 is 57.8 Å². The fourth-order valence-electron chi connectivity index (χ4n) is 6.39. The van der Waals surface area contributed by atoms with E-state index in [9.17, 15) is 23.9 Å². The number of amides is 2. The first-order valence-electron chi connectivity index (χ1n) is 16.0. The number of carbonyl (C=O) groups excluding carboxylic acids is 2. The second-order valence-corrected chi connectivity index (χ2v) is 12.8. The predicted octanol–water partition coefficient (Wildman–Crippen LogP) is 5.34. The maximum atomic E-state index is 16.3. The smallest absolute Gasteiger partial charge is 0.281 e. The Morgan fingerprint density at radius 3 is 2.45 bits per heavy atom. The summed E-state index contributed by atoms with van der Waals surface area (Å²) in [4.78, 5) is 53.6. The highest BCUT2D eigenvalue weighted by Gasteiger charge is 2.34. The number of aryl methyl sites for hydroxylation is 1. The minimum absolute atomic E-state index is 0.0717. The number of halogens is 3. The van der Waals surface area contributed by atoms with Crippen LogP contribution in [-0.4, -0.2) is 81.5 Å². The fraction of sp³-hybridized carbons (Fsp3) is 0.361. The second-order valence-electron chi connectivity index (χ2n) is 12.8. The summed E-state index contributed by atoms with van der Waals surface area (Å²) in [7, 11) is 3.67.